The number of benzene rings is 1. The van der Waals surface area contributed by atoms with Crippen LogP contribution < -0.4 is 10.6 Å². The van der Waals surface area contributed by atoms with Crippen molar-refractivity contribution >= 4 is 0 Å². The highest BCUT2D eigenvalue weighted by atomic mass is 15.3. The summed E-state index contributed by atoms with van der Waals surface area (Å²) < 4.78 is 0. The molecule has 4 heterocycles. The molecule has 0 fully saturated rings. The Morgan fingerprint density at radius 3 is 2.29 bits per heavy atom. The van der Waals surface area contributed by atoms with E-state index in [9.17, 15) is 0 Å². The van der Waals surface area contributed by atoms with Gasteiger partial charge in [-0.3, -0.25) is 4.98 Å². The van der Waals surface area contributed by atoms with Crippen molar-refractivity contribution in [3.63, 3.8) is 0 Å². The number of aromatic nitrogens is 1. The van der Waals surface area contributed by atoms with Crippen molar-refractivity contribution in [2.75, 3.05) is 0 Å². The van der Waals surface area contributed by atoms with E-state index in [1.54, 1.807) is 0 Å². The normalized spacial score (nSPS) is 23.7. The highest BCUT2D eigenvalue weighted by Crippen LogP contribution is 2.20. The molecule has 1 aromatic heterocycles. The fraction of sp³-hybridized carbons (Fsp3) is 0.348. The van der Waals surface area contributed by atoms with E-state index in [2.05, 4.69) is 87.7 Å². The van der Waals surface area contributed by atoms with E-state index >= 15 is 0 Å². The summed E-state index contributed by atoms with van der Waals surface area (Å²) in [6, 6.07) is 15.5. The van der Waals surface area contributed by atoms with Crippen LogP contribution in [0.3, 0.4) is 0 Å². The Morgan fingerprint density at radius 2 is 1.43 bits per heavy atom. The molecule has 0 aliphatic carbocycles. The largest absolute Gasteiger partial charge is 0.370 e. The molecule has 2 unspecified atom stereocenters. The first kappa shape index (κ1) is 17.2. The number of hydrogen-bond acceptors (Lipinski definition) is 5. The van der Waals surface area contributed by atoms with Gasteiger partial charge >= 0.3 is 0 Å². The van der Waals surface area contributed by atoms with Crippen molar-refractivity contribution in [3.8, 4) is 0 Å². The summed E-state index contributed by atoms with van der Waals surface area (Å²) in [4.78, 5) is 9.70. The van der Waals surface area contributed by atoms with Crippen LogP contribution in [0.25, 0.3) is 0 Å². The van der Waals surface area contributed by atoms with E-state index in [4.69, 9.17) is 4.98 Å². The van der Waals surface area contributed by atoms with Gasteiger partial charge in [-0.25, -0.2) is 0 Å². The van der Waals surface area contributed by atoms with Crippen LogP contribution in [-0.4, -0.2) is 27.1 Å². The van der Waals surface area contributed by atoms with E-state index in [-0.39, 0.29) is 0 Å². The van der Waals surface area contributed by atoms with Crippen molar-refractivity contribution in [2.45, 2.75) is 51.1 Å². The number of rotatable bonds is 0. The highest BCUT2D eigenvalue weighted by molar-refractivity contribution is 5.24. The molecule has 1 aromatic carbocycles. The lowest BCUT2D eigenvalue weighted by Gasteiger charge is -2.27. The van der Waals surface area contributed by atoms with Gasteiger partial charge in [0.1, 0.15) is 0 Å². The SMILES string of the molecule is C1=CN2Cc3cccc(c3)CCC3NC=CN3Cc3cccc(n3)CCC2N1. The van der Waals surface area contributed by atoms with Crippen molar-refractivity contribution in [1.82, 2.24) is 25.4 Å². The zero-order valence-electron chi connectivity index (χ0n) is 16.1. The van der Waals surface area contributed by atoms with Gasteiger partial charge in [-0.1, -0.05) is 30.3 Å². The number of aryl methyl sites for hydroxylation is 2. The maximum Gasteiger partial charge on any atom is 0.0988 e. The number of fused-ring (bicyclic) bond motifs is 6. The summed E-state index contributed by atoms with van der Waals surface area (Å²) in [6.07, 6.45) is 13.3. The minimum Gasteiger partial charge on any atom is -0.370 e. The first-order valence-corrected chi connectivity index (χ1v) is 10.2. The highest BCUT2D eigenvalue weighted by Gasteiger charge is 2.21. The Kier molecular flexibility index (Phi) is 4.65. The molecule has 0 saturated carbocycles. The van der Waals surface area contributed by atoms with Crippen LogP contribution in [-0.2, 0) is 25.9 Å². The lowest BCUT2D eigenvalue weighted by molar-refractivity contribution is 0.251. The maximum absolute atomic E-state index is 4.93. The summed E-state index contributed by atoms with van der Waals surface area (Å²) in [5.41, 5.74) is 5.09. The Labute approximate surface area is 166 Å². The molecule has 3 aliphatic rings. The molecule has 5 heteroatoms. The zero-order valence-corrected chi connectivity index (χ0v) is 16.1. The summed E-state index contributed by atoms with van der Waals surface area (Å²) in [5.74, 6) is 0. The van der Waals surface area contributed by atoms with Crippen LogP contribution in [0.15, 0.2) is 67.3 Å². The topological polar surface area (TPSA) is 43.4 Å². The van der Waals surface area contributed by atoms with Crippen LogP contribution >= 0.6 is 0 Å². The second-order valence-corrected chi connectivity index (χ2v) is 7.86. The first-order chi connectivity index (χ1) is 13.8. The summed E-state index contributed by atoms with van der Waals surface area (Å²) in [6.45, 7) is 1.78. The first-order valence-electron chi connectivity index (χ1n) is 10.2. The molecular formula is C23H27N5. The van der Waals surface area contributed by atoms with Crippen LogP contribution in [0.1, 0.15) is 35.4 Å². The Hall–Kier alpha value is -2.95. The van der Waals surface area contributed by atoms with Gasteiger partial charge in [0.05, 0.1) is 24.6 Å². The Bertz CT molecular complexity index is 817. The monoisotopic (exact) mass is 373 g/mol. The second-order valence-electron chi connectivity index (χ2n) is 7.86. The molecule has 2 aromatic rings. The molecule has 0 amide bonds. The predicted octanol–water partition coefficient (Wildman–Crippen LogP) is 3.07. The van der Waals surface area contributed by atoms with Crippen molar-refractivity contribution in [3.05, 3.63) is 89.8 Å². The van der Waals surface area contributed by atoms with Crippen molar-refractivity contribution in [2.24, 2.45) is 0 Å². The summed E-state index contributed by atoms with van der Waals surface area (Å²) in [7, 11) is 0. The van der Waals surface area contributed by atoms with Crippen LogP contribution in [0, 0.1) is 0 Å². The van der Waals surface area contributed by atoms with E-state index < -0.39 is 0 Å². The maximum atomic E-state index is 4.93. The average molecular weight is 374 g/mol. The quantitative estimate of drug-likeness (QED) is 0.743. The van der Waals surface area contributed by atoms with Crippen molar-refractivity contribution < 1.29 is 0 Å². The number of pyridine rings is 1. The van der Waals surface area contributed by atoms with Crippen LogP contribution in [0.2, 0.25) is 0 Å². The number of hydrogen-bond donors (Lipinski definition) is 2. The lowest BCUT2D eigenvalue weighted by Crippen LogP contribution is -2.36. The summed E-state index contributed by atoms with van der Waals surface area (Å²) in [5, 5.41) is 7.00. The lowest BCUT2D eigenvalue weighted by atomic mass is 10.0. The molecule has 0 radical (unpaired) electrons. The van der Waals surface area contributed by atoms with Crippen molar-refractivity contribution in [1.29, 1.82) is 0 Å². The van der Waals surface area contributed by atoms with Gasteiger partial charge < -0.3 is 20.4 Å². The molecule has 0 spiro atoms. The molecule has 0 saturated heterocycles. The third kappa shape index (κ3) is 3.70. The summed E-state index contributed by atoms with van der Waals surface area (Å²) >= 11 is 0. The Balaban J connectivity index is 1.42. The Morgan fingerprint density at radius 1 is 0.750 bits per heavy atom. The zero-order chi connectivity index (χ0) is 18.8. The fourth-order valence-electron chi connectivity index (χ4n) is 4.35. The van der Waals surface area contributed by atoms with Gasteiger partial charge in [0.15, 0.2) is 0 Å². The van der Waals surface area contributed by atoms with E-state index in [1.807, 2.05) is 0 Å². The average Bonchev–Trinajstić information content (AvgIpc) is 3.34. The van der Waals surface area contributed by atoms with E-state index in [0.717, 1.165) is 44.5 Å². The van der Waals surface area contributed by atoms with Crippen LogP contribution in [0.5, 0.6) is 0 Å². The molecular weight excluding hydrogens is 346 g/mol. The van der Waals surface area contributed by atoms with E-state index in [0.29, 0.717) is 12.3 Å². The third-order valence-corrected chi connectivity index (χ3v) is 5.86. The molecule has 2 atom stereocenters. The van der Waals surface area contributed by atoms with Gasteiger partial charge in [-0.05, 0) is 48.9 Å². The second kappa shape index (κ2) is 7.58. The third-order valence-electron chi connectivity index (χ3n) is 5.86. The van der Waals surface area contributed by atoms with Gasteiger partial charge in [-0.2, -0.15) is 0 Å². The van der Waals surface area contributed by atoms with Gasteiger partial charge in [0.2, 0.25) is 0 Å². The number of nitrogens with one attached hydrogen (secondary N) is 2. The van der Waals surface area contributed by atoms with Gasteiger partial charge in [-0.15, -0.1) is 0 Å². The van der Waals surface area contributed by atoms with E-state index in [1.165, 1.54) is 16.8 Å². The smallest absolute Gasteiger partial charge is 0.0988 e. The molecule has 28 heavy (non-hydrogen) atoms. The standard InChI is InChI=1S/C23H27N5/c1-3-18-7-9-22-24-12-14-28(22)17-21-6-2-5-20(26-21)8-10-23-25-11-13-27(23)16-19(4-1)15-18/h1-6,11-15,22-25H,7-10,16-17H2. The predicted molar refractivity (Wildman–Crippen MR) is 111 cm³/mol. The van der Waals surface area contributed by atoms with Gasteiger partial charge in [0, 0.05) is 37.0 Å². The molecule has 4 bridgehead atoms. The van der Waals surface area contributed by atoms with Crippen LogP contribution in [0.4, 0.5) is 0 Å². The number of nitrogens with zero attached hydrogens (tertiary/aromatic N) is 3. The minimum atomic E-state index is 0.331. The minimum absolute atomic E-state index is 0.331. The molecule has 5 nitrogen and oxygen atoms in total. The molecule has 144 valence electrons. The molecule has 5 rings (SSSR count). The van der Waals surface area contributed by atoms with Gasteiger partial charge in [0.25, 0.3) is 0 Å². The fourth-order valence-corrected chi connectivity index (χ4v) is 4.35. The molecule has 2 N–H and O–H groups in total. The molecule has 3 aliphatic heterocycles.